The Labute approximate surface area is 120 Å². The average molecular weight is 306 g/mol. The monoisotopic (exact) mass is 306 g/mol. The fourth-order valence-electron chi connectivity index (χ4n) is 1.39. The first-order chi connectivity index (χ1) is 9.38. The number of hydrogen-bond acceptors (Lipinski definition) is 3. The molecule has 0 radical (unpaired) electrons. The maximum atomic E-state index is 11.9. The lowest BCUT2D eigenvalue weighted by atomic mass is 10.3. The Morgan fingerprint density at radius 1 is 1.30 bits per heavy atom. The Balaban J connectivity index is 2.16. The molecule has 0 spiro atoms. The Bertz CT molecular complexity index is 412. The molecule has 0 fully saturated rings. The van der Waals surface area contributed by atoms with Gasteiger partial charge in [0.2, 0.25) is 5.91 Å². The van der Waals surface area contributed by atoms with Crippen molar-refractivity contribution in [3.8, 4) is 0 Å². The molecule has 0 aliphatic rings. The lowest BCUT2D eigenvalue weighted by Gasteiger charge is -2.14. The highest BCUT2D eigenvalue weighted by molar-refractivity contribution is 7.99. The van der Waals surface area contributed by atoms with Crippen LogP contribution in [0.4, 0.5) is 13.2 Å². The molecule has 20 heavy (non-hydrogen) atoms. The largest absolute Gasteiger partial charge is 0.405 e. The highest BCUT2D eigenvalue weighted by Crippen LogP contribution is 2.15. The van der Waals surface area contributed by atoms with Gasteiger partial charge in [-0.05, 0) is 19.1 Å². The molecule has 1 rings (SSSR count). The van der Waals surface area contributed by atoms with Crippen LogP contribution in [0.5, 0.6) is 0 Å². The van der Waals surface area contributed by atoms with E-state index in [-0.39, 0.29) is 0 Å². The van der Waals surface area contributed by atoms with E-state index in [1.54, 1.807) is 18.7 Å². The fourth-order valence-corrected chi connectivity index (χ4v) is 2.20. The summed E-state index contributed by atoms with van der Waals surface area (Å²) < 4.78 is 35.8. The number of rotatable bonds is 7. The third-order valence-electron chi connectivity index (χ3n) is 2.42. The van der Waals surface area contributed by atoms with Crippen molar-refractivity contribution in [2.75, 3.05) is 18.8 Å². The van der Waals surface area contributed by atoms with E-state index < -0.39 is 24.7 Å². The maximum Gasteiger partial charge on any atom is 0.405 e. The number of thioether (sulfide) groups is 1. The second kappa shape index (κ2) is 8.16. The van der Waals surface area contributed by atoms with Crippen molar-refractivity contribution >= 4 is 17.7 Å². The number of amides is 1. The SMILES string of the molecule is CC(NCCSc1ccccc1)C(=O)NCC(F)(F)F. The van der Waals surface area contributed by atoms with E-state index in [2.05, 4.69) is 5.32 Å². The molecule has 3 nitrogen and oxygen atoms in total. The molecular weight excluding hydrogens is 289 g/mol. The highest BCUT2D eigenvalue weighted by atomic mass is 32.2. The predicted molar refractivity (Wildman–Crippen MR) is 73.7 cm³/mol. The first kappa shape index (κ1) is 16.8. The van der Waals surface area contributed by atoms with Crippen molar-refractivity contribution in [3.05, 3.63) is 30.3 Å². The molecular formula is C13H17F3N2OS. The smallest absolute Gasteiger partial charge is 0.346 e. The van der Waals surface area contributed by atoms with E-state index in [1.807, 2.05) is 35.6 Å². The van der Waals surface area contributed by atoms with Gasteiger partial charge in [0.15, 0.2) is 0 Å². The zero-order chi connectivity index (χ0) is 15.0. The number of nitrogens with one attached hydrogen (secondary N) is 2. The number of carbonyl (C=O) groups is 1. The molecule has 0 heterocycles. The minimum Gasteiger partial charge on any atom is -0.346 e. The first-order valence-corrected chi connectivity index (χ1v) is 7.13. The fraction of sp³-hybridized carbons (Fsp3) is 0.462. The molecule has 0 aromatic heterocycles. The Kier molecular flexibility index (Phi) is 6.87. The van der Waals surface area contributed by atoms with Crippen LogP contribution < -0.4 is 10.6 Å². The van der Waals surface area contributed by atoms with Gasteiger partial charge in [0.05, 0.1) is 6.04 Å². The van der Waals surface area contributed by atoms with Crippen LogP contribution in [0, 0.1) is 0 Å². The van der Waals surface area contributed by atoms with Crippen molar-refractivity contribution < 1.29 is 18.0 Å². The number of hydrogen-bond donors (Lipinski definition) is 2. The standard InChI is InChI=1S/C13H17F3N2OS/c1-10(12(19)18-9-13(14,15)16)17-7-8-20-11-5-3-2-4-6-11/h2-6,10,17H,7-9H2,1H3,(H,18,19). The Morgan fingerprint density at radius 2 is 1.95 bits per heavy atom. The molecule has 112 valence electrons. The third kappa shape index (κ3) is 7.40. The number of halogens is 3. The van der Waals surface area contributed by atoms with Gasteiger partial charge in [-0.15, -0.1) is 11.8 Å². The highest BCUT2D eigenvalue weighted by Gasteiger charge is 2.28. The van der Waals surface area contributed by atoms with Crippen LogP contribution in [0.3, 0.4) is 0 Å². The summed E-state index contributed by atoms with van der Waals surface area (Å²) in [7, 11) is 0. The molecule has 1 amide bonds. The van der Waals surface area contributed by atoms with Gasteiger partial charge in [-0.25, -0.2) is 0 Å². The molecule has 0 saturated heterocycles. The van der Waals surface area contributed by atoms with Crippen LogP contribution in [-0.2, 0) is 4.79 Å². The minimum absolute atomic E-state index is 0.542. The van der Waals surface area contributed by atoms with Gasteiger partial charge in [-0.3, -0.25) is 4.79 Å². The Morgan fingerprint density at radius 3 is 2.55 bits per heavy atom. The molecule has 1 aromatic rings. The van der Waals surface area contributed by atoms with E-state index in [4.69, 9.17) is 0 Å². The van der Waals surface area contributed by atoms with Gasteiger partial charge in [-0.2, -0.15) is 13.2 Å². The first-order valence-electron chi connectivity index (χ1n) is 6.14. The van der Waals surface area contributed by atoms with E-state index in [0.29, 0.717) is 6.54 Å². The summed E-state index contributed by atoms with van der Waals surface area (Å²) in [5.74, 6) is 0.0907. The molecule has 1 aromatic carbocycles. The third-order valence-corrected chi connectivity index (χ3v) is 3.43. The molecule has 1 unspecified atom stereocenters. The minimum atomic E-state index is -4.38. The molecule has 0 aliphatic heterocycles. The lowest BCUT2D eigenvalue weighted by molar-refractivity contribution is -0.139. The lowest BCUT2D eigenvalue weighted by Crippen LogP contribution is -2.45. The average Bonchev–Trinajstić information content (AvgIpc) is 2.41. The second-order valence-corrected chi connectivity index (χ2v) is 5.34. The number of carbonyl (C=O) groups excluding carboxylic acids is 1. The molecule has 0 aliphatic carbocycles. The summed E-state index contributed by atoms with van der Waals surface area (Å²) in [4.78, 5) is 12.5. The quantitative estimate of drug-likeness (QED) is 0.600. The van der Waals surface area contributed by atoms with Crippen LogP contribution in [-0.4, -0.2) is 37.0 Å². The summed E-state index contributed by atoms with van der Waals surface area (Å²) >= 11 is 1.62. The van der Waals surface area contributed by atoms with Crippen LogP contribution in [0.1, 0.15) is 6.92 Å². The zero-order valence-electron chi connectivity index (χ0n) is 11.0. The maximum absolute atomic E-state index is 11.9. The topological polar surface area (TPSA) is 41.1 Å². The number of benzene rings is 1. The Hall–Kier alpha value is -1.21. The zero-order valence-corrected chi connectivity index (χ0v) is 11.9. The molecule has 0 saturated carbocycles. The van der Waals surface area contributed by atoms with Gasteiger partial charge < -0.3 is 10.6 Å². The second-order valence-electron chi connectivity index (χ2n) is 4.17. The van der Waals surface area contributed by atoms with Gasteiger partial charge >= 0.3 is 6.18 Å². The summed E-state index contributed by atoms with van der Waals surface area (Å²) in [5.41, 5.74) is 0. The normalized spacial score (nSPS) is 13.0. The summed E-state index contributed by atoms with van der Waals surface area (Å²) in [6, 6.07) is 9.10. The van der Waals surface area contributed by atoms with Crippen molar-refractivity contribution in [2.24, 2.45) is 0 Å². The van der Waals surface area contributed by atoms with E-state index in [1.165, 1.54) is 0 Å². The number of alkyl halides is 3. The van der Waals surface area contributed by atoms with Gasteiger partial charge in [0.1, 0.15) is 6.54 Å². The molecule has 0 bridgehead atoms. The van der Waals surface area contributed by atoms with Crippen molar-refractivity contribution in [1.82, 2.24) is 10.6 Å². The summed E-state index contributed by atoms with van der Waals surface area (Å²) in [6.07, 6.45) is -4.38. The van der Waals surface area contributed by atoms with Gasteiger partial charge in [0.25, 0.3) is 0 Å². The molecule has 1 atom stereocenters. The van der Waals surface area contributed by atoms with Crippen LogP contribution in [0.15, 0.2) is 35.2 Å². The summed E-state index contributed by atoms with van der Waals surface area (Å²) in [5, 5.41) is 4.74. The van der Waals surface area contributed by atoms with E-state index in [9.17, 15) is 18.0 Å². The van der Waals surface area contributed by atoms with Crippen molar-refractivity contribution in [1.29, 1.82) is 0 Å². The predicted octanol–water partition coefficient (Wildman–Crippen LogP) is 2.44. The van der Waals surface area contributed by atoms with E-state index >= 15 is 0 Å². The van der Waals surface area contributed by atoms with Crippen LogP contribution in [0.2, 0.25) is 0 Å². The van der Waals surface area contributed by atoms with E-state index in [0.717, 1.165) is 10.6 Å². The van der Waals surface area contributed by atoms with Crippen molar-refractivity contribution in [2.45, 2.75) is 24.0 Å². The molecule has 7 heteroatoms. The van der Waals surface area contributed by atoms with Crippen LogP contribution >= 0.6 is 11.8 Å². The summed E-state index contributed by atoms with van der Waals surface area (Å²) in [6.45, 7) is 0.787. The molecule has 2 N–H and O–H groups in total. The van der Waals surface area contributed by atoms with Gasteiger partial charge in [-0.1, -0.05) is 18.2 Å². The van der Waals surface area contributed by atoms with Crippen LogP contribution in [0.25, 0.3) is 0 Å². The van der Waals surface area contributed by atoms with Crippen molar-refractivity contribution in [3.63, 3.8) is 0 Å². The van der Waals surface area contributed by atoms with Gasteiger partial charge in [0, 0.05) is 17.2 Å².